The summed E-state index contributed by atoms with van der Waals surface area (Å²) >= 11 is 7.63. The van der Waals surface area contributed by atoms with Gasteiger partial charge in [0.05, 0.1) is 16.6 Å². The minimum Gasteiger partial charge on any atom is -0.496 e. The number of benzene rings is 1. The van der Waals surface area contributed by atoms with E-state index in [-0.39, 0.29) is 11.7 Å². The summed E-state index contributed by atoms with van der Waals surface area (Å²) in [7, 11) is 1.61. The molecule has 0 radical (unpaired) electrons. The van der Waals surface area contributed by atoms with Crippen molar-refractivity contribution in [2.75, 3.05) is 13.0 Å². The number of hydrogen-bond donors (Lipinski definition) is 0. The first-order chi connectivity index (χ1) is 6.60. The van der Waals surface area contributed by atoms with Crippen LogP contribution in [0.2, 0.25) is 0 Å². The number of ether oxygens (including phenoxy) is 1. The number of carbonyl (C=O) groups is 1. The zero-order valence-electron chi connectivity index (χ0n) is 7.93. The van der Waals surface area contributed by atoms with E-state index in [0.29, 0.717) is 5.56 Å². The molecule has 0 aliphatic carbocycles. The van der Waals surface area contributed by atoms with Gasteiger partial charge in [-0.1, -0.05) is 0 Å². The number of halogens is 2. The summed E-state index contributed by atoms with van der Waals surface area (Å²) < 4.78 is 6.06. The lowest BCUT2D eigenvalue weighted by Crippen LogP contribution is -2.04. The molecular weight excluding hydrogens is 314 g/mol. The number of rotatable bonds is 3. The summed E-state index contributed by atoms with van der Waals surface area (Å²) in [6.07, 6.45) is 0. The van der Waals surface area contributed by atoms with Gasteiger partial charge < -0.3 is 4.74 Å². The first-order valence-electron chi connectivity index (χ1n) is 4.03. The molecule has 1 aromatic rings. The van der Waals surface area contributed by atoms with Crippen LogP contribution in [0.15, 0.2) is 12.1 Å². The number of Topliss-reactive ketones (excluding diaryl/α,β-unsaturated/α-hetero) is 1. The molecule has 0 spiro atoms. The van der Waals surface area contributed by atoms with E-state index in [0.717, 1.165) is 14.9 Å². The molecule has 0 saturated heterocycles. The molecule has 0 unspecified atom stereocenters. The lowest BCUT2D eigenvalue weighted by molar-refractivity contribution is 0.102. The Balaban J connectivity index is 3.21. The third-order valence-electron chi connectivity index (χ3n) is 1.92. The number of hydrogen-bond acceptors (Lipinski definition) is 2. The Hall–Kier alpha value is -0.290. The van der Waals surface area contributed by atoms with Crippen LogP contribution in [0.4, 0.5) is 0 Å². The molecule has 4 heteroatoms. The average molecular weight is 325 g/mol. The molecule has 0 aromatic heterocycles. The molecule has 2 nitrogen and oxygen atoms in total. The zero-order valence-corrected chi connectivity index (χ0v) is 10.8. The van der Waals surface area contributed by atoms with Gasteiger partial charge in [0.2, 0.25) is 0 Å². The normalized spacial score (nSPS) is 10.0. The molecule has 1 rings (SSSR count). The van der Waals surface area contributed by atoms with E-state index in [1.54, 1.807) is 13.2 Å². The smallest absolute Gasteiger partial charge is 0.177 e. The standard InChI is InChI=1S/C10H10ClIO2/c1-6-3-10(14-2)8(12)4-7(6)9(13)5-11/h3-4H,5H2,1-2H3. The van der Waals surface area contributed by atoms with Crippen LogP contribution in [-0.4, -0.2) is 18.8 Å². The maximum absolute atomic E-state index is 11.4. The van der Waals surface area contributed by atoms with E-state index in [1.807, 2.05) is 13.0 Å². The Morgan fingerprint density at radius 1 is 1.57 bits per heavy atom. The largest absolute Gasteiger partial charge is 0.496 e. The molecule has 1 aromatic carbocycles. The molecule has 0 N–H and O–H groups in total. The molecule has 0 bridgehead atoms. The van der Waals surface area contributed by atoms with Crippen molar-refractivity contribution in [1.29, 1.82) is 0 Å². The predicted molar refractivity (Wildman–Crippen MR) is 65.5 cm³/mol. The monoisotopic (exact) mass is 324 g/mol. The van der Waals surface area contributed by atoms with Crippen LogP contribution >= 0.6 is 34.2 Å². The second-order valence-electron chi connectivity index (χ2n) is 2.86. The van der Waals surface area contributed by atoms with Gasteiger partial charge >= 0.3 is 0 Å². The highest BCUT2D eigenvalue weighted by Gasteiger charge is 2.11. The molecule has 0 amide bonds. The number of ketones is 1. The molecule has 0 fully saturated rings. The average Bonchev–Trinajstić information content (AvgIpc) is 2.19. The van der Waals surface area contributed by atoms with Crippen molar-refractivity contribution >= 4 is 40.0 Å². The topological polar surface area (TPSA) is 26.3 Å². The maximum atomic E-state index is 11.4. The van der Waals surface area contributed by atoms with E-state index in [4.69, 9.17) is 16.3 Å². The summed E-state index contributed by atoms with van der Waals surface area (Å²) in [4.78, 5) is 11.4. The summed E-state index contributed by atoms with van der Waals surface area (Å²) in [5, 5.41) is 0. The molecule has 0 heterocycles. The second-order valence-corrected chi connectivity index (χ2v) is 4.29. The highest BCUT2D eigenvalue weighted by atomic mass is 127. The van der Waals surface area contributed by atoms with Crippen molar-refractivity contribution < 1.29 is 9.53 Å². The molecule has 0 atom stereocenters. The number of alkyl halides is 1. The van der Waals surface area contributed by atoms with Gasteiger partial charge in [-0.2, -0.15) is 0 Å². The third kappa shape index (κ3) is 2.39. The van der Waals surface area contributed by atoms with E-state index in [2.05, 4.69) is 22.6 Å². The second kappa shape index (κ2) is 4.98. The Morgan fingerprint density at radius 2 is 2.21 bits per heavy atom. The molecule has 14 heavy (non-hydrogen) atoms. The maximum Gasteiger partial charge on any atom is 0.177 e. The third-order valence-corrected chi connectivity index (χ3v) is 3.01. The van der Waals surface area contributed by atoms with Gasteiger partial charge in [-0.15, -0.1) is 11.6 Å². The molecular formula is C10H10ClIO2. The summed E-state index contributed by atoms with van der Waals surface area (Å²) in [6.45, 7) is 1.87. The van der Waals surface area contributed by atoms with Gasteiger partial charge in [0.15, 0.2) is 5.78 Å². The first-order valence-corrected chi connectivity index (χ1v) is 5.64. The van der Waals surface area contributed by atoms with E-state index in [9.17, 15) is 4.79 Å². The molecule has 0 aliphatic heterocycles. The van der Waals surface area contributed by atoms with Crippen LogP contribution in [0.1, 0.15) is 15.9 Å². The Morgan fingerprint density at radius 3 is 2.71 bits per heavy atom. The summed E-state index contributed by atoms with van der Waals surface area (Å²) in [5.74, 6) is 0.752. The van der Waals surface area contributed by atoms with Crippen LogP contribution in [0.3, 0.4) is 0 Å². The van der Waals surface area contributed by atoms with Crippen LogP contribution in [-0.2, 0) is 0 Å². The fourth-order valence-corrected chi connectivity index (χ4v) is 2.02. The minimum absolute atomic E-state index is 0.0171. The Bertz CT molecular complexity index is 363. The quantitative estimate of drug-likeness (QED) is 0.485. The predicted octanol–water partition coefficient (Wildman–Crippen LogP) is 3.03. The first kappa shape index (κ1) is 11.8. The van der Waals surface area contributed by atoms with Gasteiger partial charge in [-0.3, -0.25) is 4.79 Å². The SMILES string of the molecule is COc1cc(C)c(C(=O)CCl)cc1I. The Kier molecular flexibility index (Phi) is 4.19. The van der Waals surface area contributed by atoms with E-state index in [1.165, 1.54) is 0 Å². The van der Waals surface area contributed by atoms with Crippen LogP contribution in [0, 0.1) is 10.5 Å². The summed E-state index contributed by atoms with van der Waals surface area (Å²) in [5.41, 5.74) is 1.57. The fourth-order valence-electron chi connectivity index (χ4n) is 1.18. The van der Waals surface area contributed by atoms with Crippen molar-refractivity contribution in [3.05, 3.63) is 26.8 Å². The molecule has 0 saturated carbocycles. The fraction of sp³-hybridized carbons (Fsp3) is 0.300. The van der Waals surface area contributed by atoms with Crippen LogP contribution in [0.25, 0.3) is 0 Å². The van der Waals surface area contributed by atoms with Crippen molar-refractivity contribution in [2.24, 2.45) is 0 Å². The highest BCUT2D eigenvalue weighted by Crippen LogP contribution is 2.25. The highest BCUT2D eigenvalue weighted by molar-refractivity contribution is 14.1. The van der Waals surface area contributed by atoms with Gasteiger partial charge in [-0.05, 0) is 47.2 Å². The summed E-state index contributed by atoms with van der Waals surface area (Å²) in [6, 6.07) is 3.65. The lowest BCUT2D eigenvalue weighted by Gasteiger charge is -2.08. The van der Waals surface area contributed by atoms with Crippen molar-refractivity contribution in [2.45, 2.75) is 6.92 Å². The van der Waals surface area contributed by atoms with Gasteiger partial charge in [0.1, 0.15) is 5.75 Å². The van der Waals surface area contributed by atoms with Crippen LogP contribution in [0.5, 0.6) is 5.75 Å². The Labute approximate surface area is 102 Å². The van der Waals surface area contributed by atoms with Crippen molar-refractivity contribution in [3.63, 3.8) is 0 Å². The lowest BCUT2D eigenvalue weighted by atomic mass is 10.1. The number of carbonyl (C=O) groups excluding carboxylic acids is 1. The van der Waals surface area contributed by atoms with Crippen molar-refractivity contribution in [1.82, 2.24) is 0 Å². The van der Waals surface area contributed by atoms with Gasteiger partial charge in [-0.25, -0.2) is 0 Å². The van der Waals surface area contributed by atoms with E-state index >= 15 is 0 Å². The number of aryl methyl sites for hydroxylation is 1. The van der Waals surface area contributed by atoms with E-state index < -0.39 is 0 Å². The zero-order chi connectivity index (χ0) is 10.7. The minimum atomic E-state index is -0.0512. The van der Waals surface area contributed by atoms with Crippen molar-refractivity contribution in [3.8, 4) is 5.75 Å². The molecule has 76 valence electrons. The van der Waals surface area contributed by atoms with Crippen LogP contribution < -0.4 is 4.74 Å². The number of methoxy groups -OCH3 is 1. The van der Waals surface area contributed by atoms with Gasteiger partial charge in [0.25, 0.3) is 0 Å². The molecule has 0 aliphatic rings. The van der Waals surface area contributed by atoms with Gasteiger partial charge in [0, 0.05) is 5.56 Å².